The summed E-state index contributed by atoms with van der Waals surface area (Å²) in [7, 11) is 0. The van der Waals surface area contributed by atoms with Crippen LogP contribution in [0.15, 0.2) is 73.1 Å². The van der Waals surface area contributed by atoms with Crippen molar-refractivity contribution < 1.29 is 4.79 Å². The van der Waals surface area contributed by atoms with Crippen molar-refractivity contribution in [3.63, 3.8) is 0 Å². The van der Waals surface area contributed by atoms with Crippen LogP contribution in [0.5, 0.6) is 0 Å². The van der Waals surface area contributed by atoms with Crippen molar-refractivity contribution in [2.24, 2.45) is 0 Å². The van der Waals surface area contributed by atoms with E-state index in [1.807, 2.05) is 36.5 Å². The van der Waals surface area contributed by atoms with Gasteiger partial charge in [0.2, 0.25) is 0 Å². The number of carbonyl (C=O) groups excluding carboxylic acids is 1. The second-order valence-corrected chi connectivity index (χ2v) is 10.3. The topological polar surface area (TPSA) is 105 Å². The van der Waals surface area contributed by atoms with Gasteiger partial charge >= 0.3 is 0 Å². The van der Waals surface area contributed by atoms with Crippen LogP contribution in [-0.2, 0) is 12.0 Å². The standard InChI is InChI=1S/C29H28N8O/c1-18(2)36-15-14-30-26(36)24-6-5-7-25(31-24)37-17-21-9-8-20(16-23(21)27(37)38)19-10-12-22(13-11-19)29(3,4)28-32-34-35-33-28/h5-16,18H,17H2,1-4H3,(H,32,33,34,35). The van der Waals surface area contributed by atoms with Gasteiger partial charge in [0, 0.05) is 24.0 Å². The van der Waals surface area contributed by atoms with Gasteiger partial charge in [0.25, 0.3) is 5.91 Å². The number of nitrogens with one attached hydrogen (secondary N) is 1. The molecule has 6 rings (SSSR count). The summed E-state index contributed by atoms with van der Waals surface area (Å²) in [5.41, 5.74) is 5.16. The van der Waals surface area contributed by atoms with Crippen LogP contribution in [0.2, 0.25) is 0 Å². The second-order valence-electron chi connectivity index (χ2n) is 10.3. The van der Waals surface area contributed by atoms with Crippen LogP contribution in [0.25, 0.3) is 22.6 Å². The fraction of sp³-hybridized carbons (Fsp3) is 0.241. The lowest BCUT2D eigenvalue weighted by Crippen LogP contribution is -2.24. The number of carbonyl (C=O) groups is 1. The molecule has 0 aliphatic carbocycles. The number of tetrazole rings is 1. The SMILES string of the molecule is CC(C)n1ccnc1-c1cccc(N2Cc3ccc(-c4ccc(C(C)(C)c5nn[nH]n5)cc4)cc3C2=O)n1. The maximum atomic E-state index is 13.5. The predicted molar refractivity (Wildman–Crippen MR) is 145 cm³/mol. The Morgan fingerprint density at radius 1 is 1.00 bits per heavy atom. The maximum Gasteiger partial charge on any atom is 0.260 e. The third kappa shape index (κ3) is 3.96. The van der Waals surface area contributed by atoms with E-state index in [1.165, 1.54) is 0 Å². The number of fused-ring (bicyclic) bond motifs is 1. The number of H-pyrrole nitrogens is 1. The van der Waals surface area contributed by atoms with Crippen molar-refractivity contribution in [2.45, 2.75) is 45.7 Å². The number of pyridine rings is 1. The zero-order valence-electron chi connectivity index (χ0n) is 21.8. The molecule has 9 nitrogen and oxygen atoms in total. The molecule has 38 heavy (non-hydrogen) atoms. The molecule has 0 spiro atoms. The van der Waals surface area contributed by atoms with Crippen LogP contribution >= 0.6 is 0 Å². The van der Waals surface area contributed by atoms with Crippen LogP contribution in [-0.4, -0.2) is 41.1 Å². The quantitative estimate of drug-likeness (QED) is 0.341. The largest absolute Gasteiger partial charge is 0.327 e. The first-order valence-electron chi connectivity index (χ1n) is 12.6. The molecule has 0 radical (unpaired) electrons. The monoisotopic (exact) mass is 504 g/mol. The first-order chi connectivity index (χ1) is 18.3. The minimum atomic E-state index is -0.381. The van der Waals surface area contributed by atoms with Gasteiger partial charge in [-0.25, -0.2) is 9.97 Å². The summed E-state index contributed by atoms with van der Waals surface area (Å²) in [5.74, 6) is 2.00. The van der Waals surface area contributed by atoms with E-state index in [-0.39, 0.29) is 17.4 Å². The maximum absolute atomic E-state index is 13.5. The Bertz CT molecular complexity index is 1620. The summed E-state index contributed by atoms with van der Waals surface area (Å²) in [6.45, 7) is 8.83. The number of anilines is 1. The fourth-order valence-corrected chi connectivity index (χ4v) is 4.93. The highest BCUT2D eigenvalue weighted by Gasteiger charge is 2.31. The van der Waals surface area contributed by atoms with E-state index < -0.39 is 0 Å². The van der Waals surface area contributed by atoms with Crippen molar-refractivity contribution in [1.29, 1.82) is 0 Å². The van der Waals surface area contributed by atoms with Crippen molar-refractivity contribution >= 4 is 11.7 Å². The Kier molecular flexibility index (Phi) is 5.63. The Labute approximate surface area is 220 Å². The van der Waals surface area contributed by atoms with Gasteiger partial charge in [0.1, 0.15) is 11.5 Å². The van der Waals surface area contributed by atoms with Gasteiger partial charge in [0.05, 0.1) is 12.0 Å². The molecule has 0 fully saturated rings. The number of amides is 1. The highest BCUT2D eigenvalue weighted by Crippen LogP contribution is 2.34. The van der Waals surface area contributed by atoms with Gasteiger partial charge in [-0.2, -0.15) is 5.21 Å². The second kappa shape index (κ2) is 9.02. The molecule has 0 saturated heterocycles. The molecule has 9 heteroatoms. The average Bonchev–Trinajstić information content (AvgIpc) is 3.70. The van der Waals surface area contributed by atoms with Crippen molar-refractivity contribution in [2.75, 3.05) is 4.90 Å². The minimum Gasteiger partial charge on any atom is -0.327 e. The van der Waals surface area contributed by atoms with Gasteiger partial charge in [0.15, 0.2) is 11.6 Å². The lowest BCUT2D eigenvalue weighted by atomic mass is 9.83. The smallest absolute Gasteiger partial charge is 0.260 e. The molecule has 0 unspecified atom stereocenters. The number of nitrogens with zero attached hydrogens (tertiary/aromatic N) is 7. The Morgan fingerprint density at radius 2 is 1.79 bits per heavy atom. The van der Waals surface area contributed by atoms with E-state index in [2.05, 4.69) is 88.2 Å². The van der Waals surface area contributed by atoms with Crippen molar-refractivity contribution in [3.05, 3.63) is 95.6 Å². The molecule has 1 N–H and O–H groups in total. The molecule has 0 saturated carbocycles. The zero-order chi connectivity index (χ0) is 26.4. The molecule has 1 aliphatic rings. The summed E-state index contributed by atoms with van der Waals surface area (Å²) >= 11 is 0. The summed E-state index contributed by atoms with van der Waals surface area (Å²) in [4.78, 5) is 24.6. The first kappa shape index (κ1) is 23.7. The van der Waals surface area contributed by atoms with Crippen LogP contribution in [0.3, 0.4) is 0 Å². The Morgan fingerprint density at radius 3 is 2.53 bits per heavy atom. The number of rotatable bonds is 6. The van der Waals surface area contributed by atoms with Gasteiger partial charge < -0.3 is 4.57 Å². The Balaban J connectivity index is 1.26. The Hall–Kier alpha value is -4.66. The summed E-state index contributed by atoms with van der Waals surface area (Å²) < 4.78 is 2.08. The molecule has 1 aliphatic heterocycles. The number of hydrogen-bond donors (Lipinski definition) is 1. The third-order valence-corrected chi connectivity index (χ3v) is 7.22. The molecule has 0 bridgehead atoms. The van der Waals surface area contributed by atoms with E-state index in [0.717, 1.165) is 33.8 Å². The molecular formula is C29H28N8O. The van der Waals surface area contributed by atoms with Gasteiger partial charge in [-0.1, -0.05) is 47.7 Å². The van der Waals surface area contributed by atoms with Crippen LogP contribution < -0.4 is 4.90 Å². The summed E-state index contributed by atoms with van der Waals surface area (Å²) in [5, 5.41) is 14.5. The lowest BCUT2D eigenvalue weighted by Gasteiger charge is -2.21. The van der Waals surface area contributed by atoms with Crippen molar-refractivity contribution in [1.82, 2.24) is 35.2 Å². The fourth-order valence-electron chi connectivity index (χ4n) is 4.93. The molecule has 2 aromatic carbocycles. The van der Waals surface area contributed by atoms with Gasteiger partial charge in [-0.15, -0.1) is 10.2 Å². The zero-order valence-corrected chi connectivity index (χ0v) is 21.8. The van der Waals surface area contributed by atoms with E-state index in [4.69, 9.17) is 4.98 Å². The first-order valence-corrected chi connectivity index (χ1v) is 12.6. The lowest BCUT2D eigenvalue weighted by molar-refractivity contribution is 0.0996. The van der Waals surface area contributed by atoms with Gasteiger partial charge in [-0.3, -0.25) is 9.69 Å². The van der Waals surface area contributed by atoms with E-state index in [0.29, 0.717) is 23.8 Å². The minimum absolute atomic E-state index is 0.0476. The molecule has 4 heterocycles. The highest BCUT2D eigenvalue weighted by molar-refractivity contribution is 6.10. The number of imidazole rings is 1. The molecule has 0 atom stereocenters. The highest BCUT2D eigenvalue weighted by atomic mass is 16.2. The molecule has 5 aromatic rings. The third-order valence-electron chi connectivity index (χ3n) is 7.22. The summed E-state index contributed by atoms with van der Waals surface area (Å²) in [6, 6.07) is 20.4. The summed E-state index contributed by atoms with van der Waals surface area (Å²) in [6.07, 6.45) is 3.73. The molecule has 1 amide bonds. The number of benzene rings is 2. The number of aromatic nitrogens is 7. The van der Waals surface area contributed by atoms with Crippen LogP contribution in [0, 0.1) is 0 Å². The van der Waals surface area contributed by atoms with E-state index in [1.54, 1.807) is 11.1 Å². The van der Waals surface area contributed by atoms with Gasteiger partial charge in [-0.05, 0) is 68.1 Å². The van der Waals surface area contributed by atoms with Crippen molar-refractivity contribution in [3.8, 4) is 22.6 Å². The van der Waals surface area contributed by atoms with E-state index in [9.17, 15) is 4.79 Å². The predicted octanol–water partition coefficient (Wildman–Crippen LogP) is 5.19. The average molecular weight is 505 g/mol. The number of aromatic amines is 1. The normalized spacial score (nSPS) is 13.4. The molecule has 3 aromatic heterocycles. The molecule has 190 valence electrons. The number of hydrogen-bond acceptors (Lipinski definition) is 6. The van der Waals surface area contributed by atoms with Crippen LogP contribution in [0.4, 0.5) is 5.82 Å². The van der Waals surface area contributed by atoms with E-state index >= 15 is 0 Å². The molecular weight excluding hydrogens is 476 g/mol. The van der Waals surface area contributed by atoms with Crippen LogP contribution in [0.1, 0.15) is 61.0 Å².